The van der Waals surface area contributed by atoms with Crippen molar-refractivity contribution in [3.63, 3.8) is 0 Å². The molecule has 0 N–H and O–H groups in total. The number of rotatable bonds is 26. The first-order valence-corrected chi connectivity index (χ1v) is 23.5. The molecule has 0 unspecified atom stereocenters. The van der Waals surface area contributed by atoms with Crippen LogP contribution in [0.25, 0.3) is 46.6 Å². The smallest absolute Gasteiger partial charge is 0.0179 e. The highest BCUT2D eigenvalue weighted by Crippen LogP contribution is 2.28. The maximum Gasteiger partial charge on any atom is -0.0179 e. The molecule has 0 bridgehead atoms. The average molecular weight is 771 g/mol. The highest BCUT2D eigenvalue weighted by Gasteiger charge is 2.07. The summed E-state index contributed by atoms with van der Waals surface area (Å²) in [7, 11) is 0. The molecular formula is C58H74. The van der Waals surface area contributed by atoms with Crippen LogP contribution < -0.4 is 0 Å². The van der Waals surface area contributed by atoms with E-state index < -0.39 is 0 Å². The molecule has 0 aliphatic heterocycles. The maximum absolute atomic E-state index is 2.48. The molecule has 0 heteroatoms. The Morgan fingerprint density at radius 1 is 0.259 bits per heavy atom. The van der Waals surface area contributed by atoms with Gasteiger partial charge in [0.05, 0.1) is 0 Å². The van der Waals surface area contributed by atoms with Gasteiger partial charge in [-0.15, -0.1) is 0 Å². The van der Waals surface area contributed by atoms with E-state index in [2.05, 4.69) is 161 Å². The molecule has 0 saturated heterocycles. The summed E-state index contributed by atoms with van der Waals surface area (Å²) in [5, 5.41) is 0. The lowest BCUT2D eigenvalue weighted by Gasteiger charge is -2.11. The second-order valence-electron chi connectivity index (χ2n) is 16.9. The van der Waals surface area contributed by atoms with Crippen molar-refractivity contribution in [1.82, 2.24) is 0 Å². The summed E-state index contributed by atoms with van der Waals surface area (Å²) in [6.45, 7) is 9.18. The third-order valence-electron chi connectivity index (χ3n) is 11.7. The minimum atomic E-state index is 1.19. The van der Waals surface area contributed by atoms with Crippen LogP contribution in [0.15, 0.2) is 109 Å². The van der Waals surface area contributed by atoms with Gasteiger partial charge in [0.25, 0.3) is 0 Å². The average Bonchev–Trinajstić information content (AvgIpc) is 3.26. The van der Waals surface area contributed by atoms with E-state index in [-0.39, 0.29) is 0 Å². The number of unbranched alkanes of at least 4 members (excludes halogenated alkanes) is 12. The minimum Gasteiger partial charge on any atom is -0.0654 e. The molecule has 0 aliphatic carbocycles. The van der Waals surface area contributed by atoms with Crippen LogP contribution >= 0.6 is 0 Å². The number of hydrogen-bond acceptors (Lipinski definition) is 0. The van der Waals surface area contributed by atoms with Gasteiger partial charge in [0.2, 0.25) is 0 Å². The molecule has 0 amide bonds. The SMILES string of the molecule is CCCCCCc1cc(CCCCCC)cc(-c2ccc(C=Cc3ccc(C=Cc4ccc(-c5cc(CCCCCC)cc(CCCCCC)c5)cc4)cc3)cc2)c1. The minimum absolute atomic E-state index is 1.19. The molecule has 5 aromatic rings. The Kier molecular flexibility index (Phi) is 19.9. The topological polar surface area (TPSA) is 0 Å². The second-order valence-corrected chi connectivity index (χ2v) is 16.9. The van der Waals surface area contributed by atoms with Crippen LogP contribution in [-0.4, -0.2) is 0 Å². The van der Waals surface area contributed by atoms with Gasteiger partial charge < -0.3 is 0 Å². The standard InChI is InChI=1S/C58H74/c1-5-9-13-17-21-51-41-52(22-18-14-10-6-2)44-57(43-51)55-37-33-49(34-38-55)31-29-47-25-27-48(28-26-47)30-32-50-35-39-56(40-36-50)58-45-53(23-19-15-11-7-3)42-54(46-58)24-20-16-12-8-4/h25-46H,5-24H2,1-4H3. The molecule has 0 heterocycles. The molecule has 58 heavy (non-hydrogen) atoms. The molecule has 5 rings (SSSR count). The van der Waals surface area contributed by atoms with Gasteiger partial charge in [0.15, 0.2) is 0 Å². The molecule has 0 spiro atoms. The summed E-state index contributed by atoms with van der Waals surface area (Å²) in [5.41, 5.74) is 16.3. The summed E-state index contributed by atoms with van der Waals surface area (Å²) in [6, 6.07) is 41.9. The van der Waals surface area contributed by atoms with Crippen molar-refractivity contribution in [3.8, 4) is 22.3 Å². The summed E-state index contributed by atoms with van der Waals surface area (Å²) in [4.78, 5) is 0. The number of hydrogen-bond donors (Lipinski definition) is 0. The van der Waals surface area contributed by atoms with E-state index >= 15 is 0 Å². The fourth-order valence-corrected chi connectivity index (χ4v) is 8.14. The molecule has 0 radical (unpaired) electrons. The molecule has 0 nitrogen and oxygen atoms in total. The largest absolute Gasteiger partial charge is 0.0654 e. The summed E-state index contributed by atoms with van der Waals surface area (Å²) < 4.78 is 0. The summed E-state index contributed by atoms with van der Waals surface area (Å²) in [6.07, 6.45) is 34.7. The maximum atomic E-state index is 2.48. The van der Waals surface area contributed by atoms with E-state index in [0.29, 0.717) is 0 Å². The molecule has 0 fully saturated rings. The van der Waals surface area contributed by atoms with Crippen molar-refractivity contribution in [2.45, 2.75) is 156 Å². The fourth-order valence-electron chi connectivity index (χ4n) is 8.14. The second kappa shape index (κ2) is 25.8. The Bertz CT molecular complexity index is 1730. The first-order valence-electron chi connectivity index (χ1n) is 23.5. The fraction of sp³-hybridized carbons (Fsp3) is 0.414. The molecule has 0 atom stereocenters. The predicted molar refractivity (Wildman–Crippen MR) is 259 cm³/mol. The van der Waals surface area contributed by atoms with Crippen LogP contribution in [0.2, 0.25) is 0 Å². The zero-order valence-corrected chi connectivity index (χ0v) is 36.8. The molecule has 0 aromatic heterocycles. The third kappa shape index (κ3) is 15.7. The zero-order valence-electron chi connectivity index (χ0n) is 36.8. The van der Waals surface area contributed by atoms with Gasteiger partial charge in [-0.3, -0.25) is 0 Å². The summed E-state index contributed by atoms with van der Waals surface area (Å²) >= 11 is 0. The normalized spacial score (nSPS) is 11.7. The monoisotopic (exact) mass is 771 g/mol. The van der Waals surface area contributed by atoms with Gasteiger partial charge in [-0.2, -0.15) is 0 Å². The lowest BCUT2D eigenvalue weighted by atomic mass is 9.94. The van der Waals surface area contributed by atoms with Crippen LogP contribution in [0.4, 0.5) is 0 Å². The number of benzene rings is 5. The third-order valence-corrected chi connectivity index (χ3v) is 11.7. The van der Waals surface area contributed by atoms with Crippen LogP contribution in [0.3, 0.4) is 0 Å². The zero-order chi connectivity index (χ0) is 40.6. The van der Waals surface area contributed by atoms with Crippen molar-refractivity contribution in [2.24, 2.45) is 0 Å². The Hall–Kier alpha value is -4.42. The van der Waals surface area contributed by atoms with Crippen molar-refractivity contribution in [1.29, 1.82) is 0 Å². The van der Waals surface area contributed by atoms with Crippen LogP contribution in [0.1, 0.15) is 175 Å². The molecule has 5 aromatic carbocycles. The highest BCUT2D eigenvalue weighted by molar-refractivity contribution is 5.75. The Balaban J connectivity index is 1.18. The highest BCUT2D eigenvalue weighted by atomic mass is 14.1. The van der Waals surface area contributed by atoms with E-state index in [0.717, 1.165) is 0 Å². The quantitative estimate of drug-likeness (QED) is 0.0388. The van der Waals surface area contributed by atoms with Crippen molar-refractivity contribution in [2.75, 3.05) is 0 Å². The lowest BCUT2D eigenvalue weighted by molar-refractivity contribution is 0.661. The van der Waals surface area contributed by atoms with Gasteiger partial charge in [-0.05, 0) is 118 Å². The van der Waals surface area contributed by atoms with E-state index in [1.807, 2.05) is 0 Å². The predicted octanol–water partition coefficient (Wildman–Crippen LogP) is 17.9. The Morgan fingerprint density at radius 2 is 0.500 bits per heavy atom. The van der Waals surface area contributed by atoms with Crippen molar-refractivity contribution < 1.29 is 0 Å². The summed E-state index contributed by atoms with van der Waals surface area (Å²) in [5.74, 6) is 0. The first-order chi connectivity index (χ1) is 28.6. The van der Waals surface area contributed by atoms with Crippen LogP contribution in [0, 0.1) is 0 Å². The van der Waals surface area contributed by atoms with Crippen LogP contribution in [-0.2, 0) is 25.7 Å². The molecule has 0 aliphatic rings. The van der Waals surface area contributed by atoms with E-state index in [1.54, 1.807) is 0 Å². The van der Waals surface area contributed by atoms with Gasteiger partial charge in [-0.1, -0.05) is 238 Å². The van der Waals surface area contributed by atoms with Gasteiger partial charge in [-0.25, -0.2) is 0 Å². The lowest BCUT2D eigenvalue weighted by Crippen LogP contribution is -1.93. The Labute approximate surface area is 354 Å². The molecule has 306 valence electrons. The van der Waals surface area contributed by atoms with E-state index in [1.165, 1.54) is 195 Å². The van der Waals surface area contributed by atoms with E-state index in [4.69, 9.17) is 0 Å². The van der Waals surface area contributed by atoms with Gasteiger partial charge >= 0.3 is 0 Å². The van der Waals surface area contributed by atoms with Crippen molar-refractivity contribution >= 4 is 24.3 Å². The Morgan fingerprint density at radius 3 is 0.741 bits per heavy atom. The number of aryl methyl sites for hydroxylation is 4. The van der Waals surface area contributed by atoms with E-state index in [9.17, 15) is 0 Å². The first kappa shape index (κ1) is 44.7. The molecular weight excluding hydrogens is 697 g/mol. The van der Waals surface area contributed by atoms with Crippen molar-refractivity contribution in [3.05, 3.63) is 154 Å². The van der Waals surface area contributed by atoms with Gasteiger partial charge in [0.1, 0.15) is 0 Å². The van der Waals surface area contributed by atoms with Gasteiger partial charge in [0, 0.05) is 0 Å². The van der Waals surface area contributed by atoms with Crippen LogP contribution in [0.5, 0.6) is 0 Å². The molecule has 0 saturated carbocycles.